The number of nitrogens with one attached hydrogen (secondary N) is 1. The van der Waals surface area contributed by atoms with Crippen molar-refractivity contribution >= 4 is 5.97 Å². The van der Waals surface area contributed by atoms with Crippen molar-refractivity contribution in [2.75, 3.05) is 26.8 Å². The van der Waals surface area contributed by atoms with Crippen LogP contribution in [0.2, 0.25) is 0 Å². The van der Waals surface area contributed by atoms with Crippen LogP contribution in [0.15, 0.2) is 0 Å². The maximum atomic E-state index is 11.4. The van der Waals surface area contributed by atoms with Gasteiger partial charge in [0.1, 0.15) is 0 Å². The smallest absolute Gasteiger partial charge is 0.308 e. The molecule has 0 amide bonds. The predicted molar refractivity (Wildman–Crippen MR) is 53.1 cm³/mol. The third kappa shape index (κ3) is 2.96. The summed E-state index contributed by atoms with van der Waals surface area (Å²) >= 11 is 0. The van der Waals surface area contributed by atoms with E-state index in [1.54, 1.807) is 7.11 Å². The van der Waals surface area contributed by atoms with Crippen LogP contribution in [0.5, 0.6) is 0 Å². The quantitative estimate of drug-likeness (QED) is 0.680. The van der Waals surface area contributed by atoms with Crippen molar-refractivity contribution in [3.63, 3.8) is 0 Å². The minimum absolute atomic E-state index is 0.156. The van der Waals surface area contributed by atoms with Crippen LogP contribution in [0.4, 0.5) is 0 Å². The molecule has 0 saturated carbocycles. The molecule has 0 bridgehead atoms. The predicted octanol–water partition coefficient (Wildman–Crippen LogP) is 0.708. The molecule has 1 rings (SSSR count). The molecule has 4 heteroatoms. The normalized spacial score (nSPS) is 20.4. The van der Waals surface area contributed by atoms with Gasteiger partial charge in [0.2, 0.25) is 0 Å². The lowest BCUT2D eigenvalue weighted by Crippen LogP contribution is -2.45. The van der Waals surface area contributed by atoms with Gasteiger partial charge < -0.3 is 14.8 Å². The minimum atomic E-state index is -0.294. The molecular weight excluding hydrogens is 182 g/mol. The fraction of sp³-hybridized carbons (Fsp3) is 0.900. The van der Waals surface area contributed by atoms with Gasteiger partial charge in [-0.25, -0.2) is 0 Å². The Labute approximate surface area is 85.0 Å². The van der Waals surface area contributed by atoms with E-state index < -0.39 is 0 Å². The van der Waals surface area contributed by atoms with Gasteiger partial charge in [0.05, 0.1) is 18.6 Å². The van der Waals surface area contributed by atoms with Crippen molar-refractivity contribution < 1.29 is 14.3 Å². The Bertz CT molecular complexity index is 188. The van der Waals surface area contributed by atoms with Crippen molar-refractivity contribution in [2.24, 2.45) is 0 Å². The zero-order valence-electron chi connectivity index (χ0n) is 8.97. The second-order valence-electron chi connectivity index (χ2n) is 3.62. The molecule has 1 aliphatic heterocycles. The Balaban J connectivity index is 2.47. The van der Waals surface area contributed by atoms with Crippen LogP contribution in [0.1, 0.15) is 26.2 Å². The van der Waals surface area contributed by atoms with Gasteiger partial charge in [-0.05, 0) is 32.9 Å². The summed E-state index contributed by atoms with van der Waals surface area (Å²) < 4.78 is 10.4. The highest BCUT2D eigenvalue weighted by molar-refractivity contribution is 5.70. The van der Waals surface area contributed by atoms with Crippen molar-refractivity contribution in [3.05, 3.63) is 0 Å². The molecule has 0 aromatic rings. The van der Waals surface area contributed by atoms with E-state index in [9.17, 15) is 4.79 Å². The average Bonchev–Trinajstić information content (AvgIpc) is 2.19. The van der Waals surface area contributed by atoms with Crippen LogP contribution in [-0.4, -0.2) is 38.4 Å². The van der Waals surface area contributed by atoms with Crippen LogP contribution in [0.25, 0.3) is 0 Å². The van der Waals surface area contributed by atoms with Crippen molar-refractivity contribution in [2.45, 2.75) is 31.8 Å². The molecule has 0 spiro atoms. The maximum absolute atomic E-state index is 11.4. The summed E-state index contributed by atoms with van der Waals surface area (Å²) in [7, 11) is 1.67. The first-order valence-corrected chi connectivity index (χ1v) is 5.14. The summed E-state index contributed by atoms with van der Waals surface area (Å²) in [6.45, 7) is 4.08. The number of methoxy groups -OCH3 is 1. The SMILES string of the molecule is CCOC(=O)CC1(OC)CCNCC1. The lowest BCUT2D eigenvalue weighted by molar-refractivity contribution is -0.151. The van der Waals surface area contributed by atoms with Gasteiger partial charge in [0.15, 0.2) is 0 Å². The lowest BCUT2D eigenvalue weighted by Gasteiger charge is -2.35. The summed E-state index contributed by atoms with van der Waals surface area (Å²) in [5.41, 5.74) is -0.294. The van der Waals surface area contributed by atoms with Crippen LogP contribution in [0, 0.1) is 0 Å². The highest BCUT2D eigenvalue weighted by Crippen LogP contribution is 2.26. The number of carbonyl (C=O) groups is 1. The molecule has 0 radical (unpaired) electrons. The largest absolute Gasteiger partial charge is 0.466 e. The van der Waals surface area contributed by atoms with E-state index in [2.05, 4.69) is 5.32 Å². The van der Waals surface area contributed by atoms with Crippen molar-refractivity contribution in [3.8, 4) is 0 Å². The first-order chi connectivity index (χ1) is 6.72. The lowest BCUT2D eigenvalue weighted by atomic mass is 9.89. The molecule has 4 nitrogen and oxygen atoms in total. The number of piperidine rings is 1. The number of hydrogen-bond acceptors (Lipinski definition) is 4. The Kier molecular flexibility index (Phi) is 4.35. The summed E-state index contributed by atoms with van der Waals surface area (Å²) in [5, 5.41) is 3.25. The molecule has 1 fully saturated rings. The summed E-state index contributed by atoms with van der Waals surface area (Å²) in [6, 6.07) is 0. The molecule has 0 atom stereocenters. The third-order valence-corrected chi connectivity index (χ3v) is 2.72. The number of hydrogen-bond donors (Lipinski definition) is 1. The number of rotatable bonds is 4. The highest BCUT2D eigenvalue weighted by Gasteiger charge is 2.34. The van der Waals surface area contributed by atoms with Crippen LogP contribution < -0.4 is 5.32 Å². The van der Waals surface area contributed by atoms with Gasteiger partial charge in [0, 0.05) is 7.11 Å². The Hall–Kier alpha value is -0.610. The second kappa shape index (κ2) is 5.32. The van der Waals surface area contributed by atoms with Crippen molar-refractivity contribution in [1.82, 2.24) is 5.32 Å². The van der Waals surface area contributed by atoms with Crippen LogP contribution in [0.3, 0.4) is 0 Å². The summed E-state index contributed by atoms with van der Waals surface area (Å²) in [5.74, 6) is -0.156. The number of esters is 1. The molecule has 1 aliphatic rings. The van der Waals surface area contributed by atoms with E-state index in [1.807, 2.05) is 6.92 Å². The second-order valence-corrected chi connectivity index (χ2v) is 3.62. The minimum Gasteiger partial charge on any atom is -0.466 e. The van der Waals surface area contributed by atoms with Crippen molar-refractivity contribution in [1.29, 1.82) is 0 Å². The highest BCUT2D eigenvalue weighted by atomic mass is 16.5. The number of carbonyl (C=O) groups excluding carboxylic acids is 1. The zero-order chi connectivity index (χ0) is 10.4. The van der Waals surface area contributed by atoms with Gasteiger partial charge in [-0.3, -0.25) is 4.79 Å². The third-order valence-electron chi connectivity index (χ3n) is 2.72. The molecule has 14 heavy (non-hydrogen) atoms. The maximum Gasteiger partial charge on any atom is 0.308 e. The van der Waals surface area contributed by atoms with E-state index in [-0.39, 0.29) is 11.6 Å². The first-order valence-electron chi connectivity index (χ1n) is 5.14. The fourth-order valence-electron chi connectivity index (χ4n) is 1.81. The molecule has 0 aromatic heterocycles. The topological polar surface area (TPSA) is 47.6 Å². The molecule has 0 unspecified atom stereocenters. The Morgan fingerprint density at radius 2 is 2.07 bits per heavy atom. The molecular formula is C10H19NO3. The molecule has 1 saturated heterocycles. The summed E-state index contributed by atoms with van der Waals surface area (Å²) in [6.07, 6.45) is 2.13. The van der Waals surface area contributed by atoms with Gasteiger partial charge in [-0.2, -0.15) is 0 Å². The fourth-order valence-corrected chi connectivity index (χ4v) is 1.81. The van der Waals surface area contributed by atoms with Crippen LogP contribution >= 0.6 is 0 Å². The summed E-state index contributed by atoms with van der Waals surface area (Å²) in [4.78, 5) is 11.4. The standard InChI is InChI=1S/C10H19NO3/c1-3-14-9(12)8-10(13-2)4-6-11-7-5-10/h11H,3-8H2,1-2H3. The molecule has 1 N–H and O–H groups in total. The monoisotopic (exact) mass is 201 g/mol. The molecule has 0 aromatic carbocycles. The van der Waals surface area contributed by atoms with E-state index in [0.29, 0.717) is 13.0 Å². The zero-order valence-corrected chi connectivity index (χ0v) is 8.97. The molecule has 1 heterocycles. The van der Waals surface area contributed by atoms with Gasteiger partial charge in [0.25, 0.3) is 0 Å². The van der Waals surface area contributed by atoms with E-state index in [4.69, 9.17) is 9.47 Å². The van der Waals surface area contributed by atoms with E-state index in [0.717, 1.165) is 25.9 Å². The first kappa shape index (κ1) is 11.5. The molecule has 0 aliphatic carbocycles. The van der Waals surface area contributed by atoms with Crippen LogP contribution in [-0.2, 0) is 14.3 Å². The van der Waals surface area contributed by atoms with E-state index in [1.165, 1.54) is 0 Å². The molecule has 82 valence electrons. The number of ether oxygens (including phenoxy) is 2. The van der Waals surface area contributed by atoms with E-state index >= 15 is 0 Å². The average molecular weight is 201 g/mol. The Morgan fingerprint density at radius 1 is 1.43 bits per heavy atom. The van der Waals surface area contributed by atoms with Gasteiger partial charge >= 0.3 is 5.97 Å². The van der Waals surface area contributed by atoms with Gasteiger partial charge in [-0.1, -0.05) is 0 Å². The van der Waals surface area contributed by atoms with Gasteiger partial charge in [-0.15, -0.1) is 0 Å². The Morgan fingerprint density at radius 3 is 2.57 bits per heavy atom.